The van der Waals surface area contributed by atoms with E-state index >= 15 is 0 Å². The Morgan fingerprint density at radius 1 is 1.12 bits per heavy atom. The summed E-state index contributed by atoms with van der Waals surface area (Å²) in [5.41, 5.74) is 2.60. The Balaban J connectivity index is 1.76. The van der Waals surface area contributed by atoms with Crippen LogP contribution in [0.5, 0.6) is 11.5 Å². The monoisotopic (exact) mass is 348 g/mol. The maximum Gasteiger partial charge on any atom is 0.319 e. The number of carbonyl (C=O) groups excluding carboxylic acids is 1. The second kappa shape index (κ2) is 8.45. The molecule has 6 heteroatoms. The molecule has 0 saturated carbocycles. The zero-order chi connectivity index (χ0) is 17.5. The van der Waals surface area contributed by atoms with E-state index in [2.05, 4.69) is 10.6 Å². The Bertz CT molecular complexity index is 696. The van der Waals surface area contributed by atoms with E-state index in [1.807, 2.05) is 38.1 Å². The smallest absolute Gasteiger partial charge is 0.319 e. The van der Waals surface area contributed by atoms with Crippen molar-refractivity contribution >= 4 is 23.3 Å². The van der Waals surface area contributed by atoms with Crippen molar-refractivity contribution in [3.8, 4) is 11.5 Å². The Hall–Kier alpha value is -2.40. The van der Waals surface area contributed by atoms with Gasteiger partial charge >= 0.3 is 6.03 Å². The molecular formula is C18H21ClN2O3. The summed E-state index contributed by atoms with van der Waals surface area (Å²) in [5.74, 6) is 1.43. The Morgan fingerprint density at radius 2 is 1.83 bits per heavy atom. The number of aryl methyl sites for hydroxylation is 2. The normalized spacial score (nSPS) is 10.2. The summed E-state index contributed by atoms with van der Waals surface area (Å²) in [4.78, 5) is 11.8. The summed E-state index contributed by atoms with van der Waals surface area (Å²) in [5, 5.41) is 6.22. The lowest BCUT2D eigenvalue weighted by molar-refractivity contribution is 0.247. The molecule has 0 atom stereocenters. The molecule has 0 bridgehead atoms. The van der Waals surface area contributed by atoms with Crippen LogP contribution in [0.15, 0.2) is 36.4 Å². The van der Waals surface area contributed by atoms with Gasteiger partial charge in [0.05, 0.1) is 13.7 Å². The van der Waals surface area contributed by atoms with E-state index in [-0.39, 0.29) is 6.03 Å². The molecule has 2 aromatic carbocycles. The van der Waals surface area contributed by atoms with Gasteiger partial charge in [-0.3, -0.25) is 0 Å². The molecule has 2 aromatic rings. The van der Waals surface area contributed by atoms with Gasteiger partial charge < -0.3 is 20.1 Å². The van der Waals surface area contributed by atoms with Gasteiger partial charge in [0.1, 0.15) is 18.1 Å². The van der Waals surface area contributed by atoms with Crippen molar-refractivity contribution in [2.45, 2.75) is 13.8 Å². The minimum absolute atomic E-state index is 0.296. The van der Waals surface area contributed by atoms with Crippen LogP contribution in [0.4, 0.5) is 10.5 Å². The van der Waals surface area contributed by atoms with E-state index in [9.17, 15) is 4.79 Å². The Morgan fingerprint density at radius 3 is 2.50 bits per heavy atom. The molecule has 0 heterocycles. The fraction of sp³-hybridized carbons (Fsp3) is 0.278. The minimum atomic E-state index is -0.296. The summed E-state index contributed by atoms with van der Waals surface area (Å²) in [6.45, 7) is 4.62. The standard InChI is InChI=1S/C18H21ClN2O3/c1-12-9-16(10-13(2)17(12)19)24-8-7-20-18(22)21-14-5-4-6-15(11-14)23-3/h4-6,9-11H,7-8H2,1-3H3,(H2,20,21,22). The molecule has 0 spiro atoms. The fourth-order valence-electron chi connectivity index (χ4n) is 2.20. The second-order valence-corrected chi connectivity index (χ2v) is 5.71. The fourth-order valence-corrected chi connectivity index (χ4v) is 2.31. The van der Waals surface area contributed by atoms with Crippen LogP contribution in [-0.2, 0) is 0 Å². The van der Waals surface area contributed by atoms with E-state index in [4.69, 9.17) is 21.1 Å². The number of ether oxygens (including phenoxy) is 2. The van der Waals surface area contributed by atoms with Gasteiger partial charge in [0.2, 0.25) is 0 Å². The maximum absolute atomic E-state index is 11.8. The number of urea groups is 1. The predicted octanol–water partition coefficient (Wildman–Crippen LogP) is 4.17. The van der Waals surface area contributed by atoms with Gasteiger partial charge in [-0.05, 0) is 49.2 Å². The lowest BCUT2D eigenvalue weighted by Crippen LogP contribution is -2.32. The van der Waals surface area contributed by atoms with E-state index in [1.54, 1.807) is 19.2 Å². The molecule has 0 radical (unpaired) electrons. The van der Waals surface area contributed by atoms with E-state index < -0.39 is 0 Å². The highest BCUT2D eigenvalue weighted by Gasteiger charge is 2.05. The third-order valence-corrected chi connectivity index (χ3v) is 3.99. The van der Waals surface area contributed by atoms with Crippen molar-refractivity contribution in [2.24, 2.45) is 0 Å². The van der Waals surface area contributed by atoms with E-state index in [1.165, 1.54) is 0 Å². The van der Waals surface area contributed by atoms with Crippen LogP contribution in [0.2, 0.25) is 5.02 Å². The molecule has 2 rings (SSSR count). The van der Waals surface area contributed by atoms with Crippen molar-refractivity contribution in [3.05, 3.63) is 52.5 Å². The first-order valence-electron chi connectivity index (χ1n) is 7.58. The zero-order valence-corrected chi connectivity index (χ0v) is 14.7. The zero-order valence-electron chi connectivity index (χ0n) is 14.0. The van der Waals surface area contributed by atoms with Gasteiger partial charge in [-0.15, -0.1) is 0 Å². The van der Waals surface area contributed by atoms with Gasteiger partial charge in [-0.1, -0.05) is 17.7 Å². The van der Waals surface area contributed by atoms with Crippen LogP contribution in [0, 0.1) is 13.8 Å². The molecule has 0 unspecified atom stereocenters. The molecule has 0 saturated heterocycles. The Kier molecular flexibility index (Phi) is 6.32. The lowest BCUT2D eigenvalue weighted by atomic mass is 10.1. The highest BCUT2D eigenvalue weighted by Crippen LogP contribution is 2.25. The first-order valence-corrected chi connectivity index (χ1v) is 7.96. The van der Waals surface area contributed by atoms with Crippen molar-refractivity contribution in [2.75, 3.05) is 25.6 Å². The molecule has 0 aliphatic rings. The molecule has 24 heavy (non-hydrogen) atoms. The van der Waals surface area contributed by atoms with Crippen LogP contribution in [0.3, 0.4) is 0 Å². The van der Waals surface area contributed by atoms with Gasteiger partial charge in [-0.2, -0.15) is 0 Å². The average molecular weight is 349 g/mol. The quantitative estimate of drug-likeness (QED) is 0.770. The molecule has 128 valence electrons. The number of halogens is 1. The highest BCUT2D eigenvalue weighted by atomic mass is 35.5. The SMILES string of the molecule is COc1cccc(NC(=O)NCCOc2cc(C)c(Cl)c(C)c2)c1. The predicted molar refractivity (Wildman–Crippen MR) is 96.4 cm³/mol. The molecule has 2 N–H and O–H groups in total. The molecule has 0 aliphatic heterocycles. The highest BCUT2D eigenvalue weighted by molar-refractivity contribution is 6.32. The molecule has 0 aromatic heterocycles. The maximum atomic E-state index is 11.8. The minimum Gasteiger partial charge on any atom is -0.497 e. The third-order valence-electron chi connectivity index (χ3n) is 3.39. The first-order chi connectivity index (χ1) is 11.5. The molecule has 5 nitrogen and oxygen atoms in total. The van der Waals surface area contributed by atoms with Gasteiger partial charge in [0.25, 0.3) is 0 Å². The second-order valence-electron chi connectivity index (χ2n) is 5.33. The molecular weight excluding hydrogens is 328 g/mol. The van der Waals surface area contributed by atoms with Crippen LogP contribution in [0.25, 0.3) is 0 Å². The number of nitrogens with one attached hydrogen (secondary N) is 2. The van der Waals surface area contributed by atoms with Gasteiger partial charge in [0.15, 0.2) is 0 Å². The number of amides is 2. The number of rotatable bonds is 6. The number of methoxy groups -OCH3 is 1. The molecule has 2 amide bonds. The van der Waals surface area contributed by atoms with Crippen molar-refractivity contribution < 1.29 is 14.3 Å². The van der Waals surface area contributed by atoms with Crippen molar-refractivity contribution in [3.63, 3.8) is 0 Å². The van der Waals surface area contributed by atoms with Gasteiger partial charge in [-0.25, -0.2) is 4.79 Å². The number of hydrogen-bond donors (Lipinski definition) is 2. The van der Waals surface area contributed by atoms with E-state index in [0.717, 1.165) is 21.9 Å². The number of carbonyl (C=O) groups is 1. The third kappa shape index (κ3) is 5.06. The summed E-state index contributed by atoms with van der Waals surface area (Å²) in [6.07, 6.45) is 0. The van der Waals surface area contributed by atoms with Crippen molar-refractivity contribution in [1.29, 1.82) is 0 Å². The summed E-state index contributed by atoms with van der Waals surface area (Å²) in [7, 11) is 1.58. The number of benzene rings is 2. The van der Waals surface area contributed by atoms with Crippen LogP contribution in [-0.4, -0.2) is 26.3 Å². The number of hydrogen-bond acceptors (Lipinski definition) is 3. The van der Waals surface area contributed by atoms with E-state index in [0.29, 0.717) is 24.6 Å². The first kappa shape index (κ1) is 17.9. The van der Waals surface area contributed by atoms with Crippen LogP contribution in [0.1, 0.15) is 11.1 Å². The topological polar surface area (TPSA) is 59.6 Å². The van der Waals surface area contributed by atoms with Gasteiger partial charge in [0, 0.05) is 16.8 Å². The lowest BCUT2D eigenvalue weighted by Gasteiger charge is -2.11. The summed E-state index contributed by atoms with van der Waals surface area (Å²) in [6, 6.07) is 10.6. The van der Waals surface area contributed by atoms with Crippen molar-refractivity contribution in [1.82, 2.24) is 5.32 Å². The summed E-state index contributed by atoms with van der Waals surface area (Å²) >= 11 is 6.12. The summed E-state index contributed by atoms with van der Waals surface area (Å²) < 4.78 is 10.7. The number of anilines is 1. The Labute approximate surface area is 146 Å². The molecule has 0 fully saturated rings. The van der Waals surface area contributed by atoms with Crippen LogP contribution >= 0.6 is 11.6 Å². The average Bonchev–Trinajstić information content (AvgIpc) is 2.56. The largest absolute Gasteiger partial charge is 0.497 e. The van der Waals surface area contributed by atoms with Crippen LogP contribution < -0.4 is 20.1 Å². The molecule has 0 aliphatic carbocycles.